The van der Waals surface area contributed by atoms with Gasteiger partial charge in [-0.1, -0.05) is 12.1 Å². The van der Waals surface area contributed by atoms with Crippen LogP contribution in [0.4, 0.5) is 11.4 Å². The van der Waals surface area contributed by atoms with Crippen LogP contribution in [-0.2, 0) is 6.54 Å². The molecule has 0 aliphatic carbocycles. The topological polar surface area (TPSA) is 35.6 Å². The van der Waals surface area contributed by atoms with Gasteiger partial charge in [0, 0.05) is 50.2 Å². The van der Waals surface area contributed by atoms with E-state index >= 15 is 0 Å². The number of rotatable bonds is 7. The number of amides is 1. The van der Waals surface area contributed by atoms with Gasteiger partial charge in [-0.05, 0) is 62.7 Å². The average Bonchev–Trinajstić information content (AvgIpc) is 2.61. The molecular formula is C21H29N3O. The van der Waals surface area contributed by atoms with Gasteiger partial charge in [0.25, 0.3) is 5.91 Å². The first-order valence-corrected chi connectivity index (χ1v) is 8.83. The smallest absolute Gasteiger partial charge is 0.251 e. The van der Waals surface area contributed by atoms with Gasteiger partial charge in [-0.15, -0.1) is 0 Å². The molecule has 0 bridgehead atoms. The Balaban J connectivity index is 2.00. The number of hydrogen-bond acceptors (Lipinski definition) is 3. The zero-order valence-electron chi connectivity index (χ0n) is 15.9. The van der Waals surface area contributed by atoms with Crippen molar-refractivity contribution in [2.24, 2.45) is 0 Å². The van der Waals surface area contributed by atoms with Crippen molar-refractivity contribution < 1.29 is 4.79 Å². The lowest BCUT2D eigenvalue weighted by molar-refractivity contribution is 0.0951. The van der Waals surface area contributed by atoms with Gasteiger partial charge in [0.1, 0.15) is 0 Å². The quantitative estimate of drug-likeness (QED) is 0.830. The minimum absolute atomic E-state index is 0.0469. The molecule has 2 aromatic carbocycles. The van der Waals surface area contributed by atoms with Crippen LogP contribution in [0.25, 0.3) is 0 Å². The van der Waals surface area contributed by atoms with Crippen molar-refractivity contribution in [1.82, 2.24) is 5.32 Å². The Kier molecular flexibility index (Phi) is 6.45. The van der Waals surface area contributed by atoms with Crippen LogP contribution in [0.2, 0.25) is 0 Å². The predicted octanol–water partition coefficient (Wildman–Crippen LogP) is 3.92. The second-order valence-corrected chi connectivity index (χ2v) is 6.67. The summed E-state index contributed by atoms with van der Waals surface area (Å²) < 4.78 is 0. The maximum atomic E-state index is 12.4. The van der Waals surface area contributed by atoms with E-state index in [9.17, 15) is 4.79 Å². The molecule has 0 heterocycles. The van der Waals surface area contributed by atoms with E-state index in [4.69, 9.17) is 0 Å². The van der Waals surface area contributed by atoms with Gasteiger partial charge in [-0.25, -0.2) is 0 Å². The molecule has 0 spiro atoms. The summed E-state index contributed by atoms with van der Waals surface area (Å²) in [6, 6.07) is 16.4. The lowest BCUT2D eigenvalue weighted by Gasteiger charge is -2.27. The molecule has 0 fully saturated rings. The first kappa shape index (κ1) is 18.8. The van der Waals surface area contributed by atoms with Gasteiger partial charge < -0.3 is 15.1 Å². The standard InChI is InChI=1S/C21H29N3O/c1-6-24(16(2)3)19-12-10-18(11-13-19)21(25)22-15-17-8-7-9-20(14-17)23(4)5/h7-14,16H,6,15H2,1-5H3,(H,22,25). The molecule has 0 saturated carbocycles. The predicted molar refractivity (Wildman–Crippen MR) is 107 cm³/mol. The first-order valence-electron chi connectivity index (χ1n) is 8.83. The van der Waals surface area contributed by atoms with E-state index in [0.717, 1.165) is 23.5 Å². The minimum atomic E-state index is -0.0469. The Morgan fingerprint density at radius 2 is 1.72 bits per heavy atom. The van der Waals surface area contributed by atoms with Crippen LogP contribution in [-0.4, -0.2) is 32.6 Å². The lowest BCUT2D eigenvalue weighted by Crippen LogP contribution is -2.30. The Morgan fingerprint density at radius 1 is 1.04 bits per heavy atom. The summed E-state index contributed by atoms with van der Waals surface area (Å²) in [5.74, 6) is -0.0469. The van der Waals surface area contributed by atoms with E-state index in [1.165, 1.54) is 0 Å². The molecule has 1 N–H and O–H groups in total. The number of anilines is 2. The highest BCUT2D eigenvalue weighted by molar-refractivity contribution is 5.94. The third-order valence-electron chi connectivity index (χ3n) is 4.31. The highest BCUT2D eigenvalue weighted by Gasteiger charge is 2.10. The normalized spacial score (nSPS) is 10.6. The van der Waals surface area contributed by atoms with E-state index in [1.54, 1.807) is 0 Å². The highest BCUT2D eigenvalue weighted by Crippen LogP contribution is 2.18. The molecular weight excluding hydrogens is 310 g/mol. The van der Waals surface area contributed by atoms with Crippen LogP contribution in [0.3, 0.4) is 0 Å². The van der Waals surface area contributed by atoms with Crippen molar-refractivity contribution in [2.75, 3.05) is 30.4 Å². The van der Waals surface area contributed by atoms with Crippen molar-refractivity contribution in [3.05, 3.63) is 59.7 Å². The van der Waals surface area contributed by atoms with E-state index in [1.807, 2.05) is 50.5 Å². The molecule has 2 rings (SSSR count). The molecule has 0 atom stereocenters. The van der Waals surface area contributed by atoms with Gasteiger partial charge in [-0.3, -0.25) is 4.79 Å². The summed E-state index contributed by atoms with van der Waals surface area (Å²) in [6.07, 6.45) is 0. The molecule has 4 nitrogen and oxygen atoms in total. The Labute approximate surface area is 151 Å². The van der Waals surface area contributed by atoms with Crippen LogP contribution in [0, 0.1) is 0 Å². The highest BCUT2D eigenvalue weighted by atomic mass is 16.1. The summed E-state index contributed by atoms with van der Waals surface area (Å²) >= 11 is 0. The summed E-state index contributed by atoms with van der Waals surface area (Å²) in [6.45, 7) is 7.96. The van der Waals surface area contributed by atoms with E-state index in [0.29, 0.717) is 18.2 Å². The monoisotopic (exact) mass is 339 g/mol. The molecule has 0 aliphatic heterocycles. The SMILES string of the molecule is CCN(c1ccc(C(=O)NCc2cccc(N(C)C)c2)cc1)C(C)C. The van der Waals surface area contributed by atoms with Crippen LogP contribution < -0.4 is 15.1 Å². The fourth-order valence-electron chi connectivity index (χ4n) is 2.88. The largest absolute Gasteiger partial charge is 0.378 e. The molecule has 0 saturated heterocycles. The molecule has 0 aromatic heterocycles. The number of carbonyl (C=O) groups excluding carboxylic acids is 1. The second-order valence-electron chi connectivity index (χ2n) is 6.67. The Hall–Kier alpha value is -2.49. The molecule has 0 unspecified atom stereocenters. The molecule has 0 radical (unpaired) electrons. The molecule has 134 valence electrons. The van der Waals surface area contributed by atoms with Gasteiger partial charge in [0.05, 0.1) is 0 Å². The van der Waals surface area contributed by atoms with Gasteiger partial charge >= 0.3 is 0 Å². The number of nitrogens with one attached hydrogen (secondary N) is 1. The Morgan fingerprint density at radius 3 is 2.28 bits per heavy atom. The fourth-order valence-corrected chi connectivity index (χ4v) is 2.88. The van der Waals surface area contributed by atoms with Gasteiger partial charge in [-0.2, -0.15) is 0 Å². The maximum Gasteiger partial charge on any atom is 0.251 e. The van der Waals surface area contributed by atoms with Gasteiger partial charge in [0.15, 0.2) is 0 Å². The summed E-state index contributed by atoms with van der Waals surface area (Å²) in [7, 11) is 4.02. The number of hydrogen-bond donors (Lipinski definition) is 1. The average molecular weight is 339 g/mol. The van der Waals surface area contributed by atoms with Crippen LogP contribution in [0.1, 0.15) is 36.7 Å². The van der Waals surface area contributed by atoms with Crippen molar-refractivity contribution in [3.63, 3.8) is 0 Å². The number of nitrogens with zero attached hydrogens (tertiary/aromatic N) is 2. The van der Waals surface area contributed by atoms with Crippen LogP contribution in [0.5, 0.6) is 0 Å². The molecule has 2 aromatic rings. The maximum absolute atomic E-state index is 12.4. The van der Waals surface area contributed by atoms with Crippen molar-refractivity contribution in [1.29, 1.82) is 0 Å². The number of benzene rings is 2. The van der Waals surface area contributed by atoms with Crippen LogP contribution in [0.15, 0.2) is 48.5 Å². The zero-order chi connectivity index (χ0) is 18.4. The summed E-state index contributed by atoms with van der Waals surface area (Å²) in [5.41, 5.74) is 4.05. The summed E-state index contributed by atoms with van der Waals surface area (Å²) in [4.78, 5) is 16.7. The second kappa shape index (κ2) is 8.56. The van der Waals surface area contributed by atoms with Crippen molar-refractivity contribution in [2.45, 2.75) is 33.4 Å². The van der Waals surface area contributed by atoms with Crippen molar-refractivity contribution >= 4 is 17.3 Å². The molecule has 0 aliphatic rings. The third kappa shape index (κ3) is 4.99. The zero-order valence-corrected chi connectivity index (χ0v) is 15.9. The first-order chi connectivity index (χ1) is 11.9. The Bertz CT molecular complexity index is 693. The van der Waals surface area contributed by atoms with E-state index in [2.05, 4.69) is 48.0 Å². The van der Waals surface area contributed by atoms with E-state index < -0.39 is 0 Å². The fraction of sp³-hybridized carbons (Fsp3) is 0.381. The molecule has 25 heavy (non-hydrogen) atoms. The summed E-state index contributed by atoms with van der Waals surface area (Å²) in [5, 5.41) is 3.00. The number of carbonyl (C=O) groups is 1. The van der Waals surface area contributed by atoms with E-state index in [-0.39, 0.29) is 5.91 Å². The minimum Gasteiger partial charge on any atom is -0.378 e. The lowest BCUT2D eigenvalue weighted by atomic mass is 10.1. The van der Waals surface area contributed by atoms with Crippen molar-refractivity contribution in [3.8, 4) is 0 Å². The van der Waals surface area contributed by atoms with Crippen LogP contribution >= 0.6 is 0 Å². The third-order valence-corrected chi connectivity index (χ3v) is 4.31. The molecule has 1 amide bonds. The van der Waals surface area contributed by atoms with Gasteiger partial charge in [0.2, 0.25) is 0 Å². The molecule has 4 heteroatoms.